The Morgan fingerprint density at radius 2 is 2.00 bits per heavy atom. The second-order valence-corrected chi connectivity index (χ2v) is 6.58. The number of carbonyl (C=O) groups is 1. The first-order valence-corrected chi connectivity index (χ1v) is 8.81. The van der Waals surface area contributed by atoms with Gasteiger partial charge in [-0.25, -0.2) is 9.97 Å². The highest BCUT2D eigenvalue weighted by Gasteiger charge is 2.19. The number of nitrogens with zero attached hydrogens (tertiary/aromatic N) is 5. The van der Waals surface area contributed by atoms with Crippen molar-refractivity contribution in [2.75, 3.05) is 0 Å². The number of hydrogen-bond donors (Lipinski definition) is 1. The largest absolute Gasteiger partial charge is 0.347 e. The summed E-state index contributed by atoms with van der Waals surface area (Å²) >= 11 is 0. The normalized spacial score (nSPS) is 11.2. The van der Waals surface area contributed by atoms with Gasteiger partial charge in [-0.2, -0.15) is 0 Å². The van der Waals surface area contributed by atoms with Crippen LogP contribution in [0, 0.1) is 0 Å². The van der Waals surface area contributed by atoms with E-state index in [9.17, 15) is 4.79 Å². The molecule has 4 aromatic rings. The van der Waals surface area contributed by atoms with Crippen LogP contribution in [-0.2, 0) is 6.54 Å². The van der Waals surface area contributed by atoms with Gasteiger partial charge in [0.05, 0.1) is 11.8 Å². The second kappa shape index (κ2) is 7.03. The lowest BCUT2D eigenvalue weighted by Crippen LogP contribution is -2.23. The number of pyridine rings is 2. The lowest BCUT2D eigenvalue weighted by atomic mass is 10.2. The molecule has 27 heavy (non-hydrogen) atoms. The van der Waals surface area contributed by atoms with Gasteiger partial charge in [-0.05, 0) is 43.7 Å². The first-order valence-electron chi connectivity index (χ1n) is 8.81. The Bertz CT molecular complexity index is 1080. The highest BCUT2D eigenvalue weighted by atomic mass is 16.1. The van der Waals surface area contributed by atoms with Crippen LogP contribution < -0.4 is 5.32 Å². The van der Waals surface area contributed by atoms with Gasteiger partial charge in [-0.3, -0.25) is 14.2 Å². The van der Waals surface area contributed by atoms with Crippen molar-refractivity contribution in [2.45, 2.75) is 26.4 Å². The Hall–Kier alpha value is -3.48. The summed E-state index contributed by atoms with van der Waals surface area (Å²) in [5.41, 5.74) is 2.86. The smallest absolute Gasteiger partial charge is 0.272 e. The average molecular weight is 360 g/mol. The van der Waals surface area contributed by atoms with Crippen molar-refractivity contribution in [3.8, 4) is 11.5 Å². The van der Waals surface area contributed by atoms with Gasteiger partial charge in [0.25, 0.3) is 5.91 Å². The van der Waals surface area contributed by atoms with E-state index in [0.717, 1.165) is 16.8 Å². The zero-order chi connectivity index (χ0) is 18.8. The minimum Gasteiger partial charge on any atom is -0.347 e. The molecule has 0 aliphatic carbocycles. The molecule has 7 heteroatoms. The SMILES string of the molecule is CC(C)n1cnc(-c2nc(C(=O)NCc3ccncc3)c3ccccn23)c1. The van der Waals surface area contributed by atoms with E-state index < -0.39 is 0 Å². The molecule has 0 atom stereocenters. The van der Waals surface area contributed by atoms with Gasteiger partial charge in [0.2, 0.25) is 0 Å². The van der Waals surface area contributed by atoms with Crippen LogP contribution in [0.3, 0.4) is 0 Å². The van der Waals surface area contributed by atoms with E-state index in [4.69, 9.17) is 0 Å². The number of amides is 1. The summed E-state index contributed by atoms with van der Waals surface area (Å²) in [6.07, 6.45) is 9.04. The Morgan fingerprint density at radius 1 is 1.19 bits per heavy atom. The van der Waals surface area contributed by atoms with Gasteiger partial charge < -0.3 is 9.88 Å². The predicted molar refractivity (Wildman–Crippen MR) is 102 cm³/mol. The summed E-state index contributed by atoms with van der Waals surface area (Å²) in [7, 11) is 0. The van der Waals surface area contributed by atoms with Crippen LogP contribution in [0.25, 0.3) is 17.0 Å². The van der Waals surface area contributed by atoms with Crippen molar-refractivity contribution in [3.63, 3.8) is 0 Å². The predicted octanol–water partition coefficient (Wildman–Crippen LogP) is 3.10. The third kappa shape index (κ3) is 3.31. The van der Waals surface area contributed by atoms with Crippen LogP contribution in [0.1, 0.15) is 35.9 Å². The van der Waals surface area contributed by atoms with Gasteiger partial charge >= 0.3 is 0 Å². The molecule has 4 heterocycles. The quantitative estimate of drug-likeness (QED) is 0.593. The number of nitrogens with one attached hydrogen (secondary N) is 1. The number of rotatable bonds is 5. The molecule has 0 unspecified atom stereocenters. The van der Waals surface area contributed by atoms with Gasteiger partial charge in [0.1, 0.15) is 5.69 Å². The molecule has 1 amide bonds. The first kappa shape index (κ1) is 17.0. The van der Waals surface area contributed by atoms with Gasteiger partial charge in [-0.15, -0.1) is 0 Å². The highest BCUT2D eigenvalue weighted by Crippen LogP contribution is 2.22. The third-order valence-electron chi connectivity index (χ3n) is 4.39. The Morgan fingerprint density at radius 3 is 2.74 bits per heavy atom. The topological polar surface area (TPSA) is 77.1 Å². The van der Waals surface area contributed by atoms with Gasteiger partial charge in [0.15, 0.2) is 11.5 Å². The van der Waals surface area contributed by atoms with Crippen molar-refractivity contribution in [1.29, 1.82) is 0 Å². The van der Waals surface area contributed by atoms with Crippen LogP contribution in [-0.4, -0.2) is 29.8 Å². The van der Waals surface area contributed by atoms with Crippen LogP contribution >= 0.6 is 0 Å². The van der Waals surface area contributed by atoms with E-state index in [0.29, 0.717) is 24.1 Å². The van der Waals surface area contributed by atoms with E-state index in [1.165, 1.54) is 0 Å². The maximum atomic E-state index is 12.8. The molecule has 1 N–H and O–H groups in total. The van der Waals surface area contributed by atoms with Crippen molar-refractivity contribution >= 4 is 11.4 Å². The molecule has 7 nitrogen and oxygen atoms in total. The molecule has 0 bridgehead atoms. The third-order valence-corrected chi connectivity index (χ3v) is 4.39. The van der Waals surface area contributed by atoms with E-state index >= 15 is 0 Å². The fourth-order valence-electron chi connectivity index (χ4n) is 2.89. The Balaban J connectivity index is 1.68. The molecule has 0 aliphatic heterocycles. The second-order valence-electron chi connectivity index (χ2n) is 6.58. The van der Waals surface area contributed by atoms with Crippen LogP contribution in [0.5, 0.6) is 0 Å². The number of hydrogen-bond acceptors (Lipinski definition) is 4. The van der Waals surface area contributed by atoms with Crippen LogP contribution in [0.2, 0.25) is 0 Å². The molecule has 0 saturated carbocycles. The molecule has 0 radical (unpaired) electrons. The van der Waals surface area contributed by atoms with E-state index in [2.05, 4.69) is 34.1 Å². The summed E-state index contributed by atoms with van der Waals surface area (Å²) in [4.78, 5) is 25.8. The average Bonchev–Trinajstić information content (AvgIpc) is 3.32. The van der Waals surface area contributed by atoms with E-state index in [-0.39, 0.29) is 5.91 Å². The fourth-order valence-corrected chi connectivity index (χ4v) is 2.89. The highest BCUT2D eigenvalue weighted by molar-refractivity contribution is 5.99. The van der Waals surface area contributed by atoms with E-state index in [1.54, 1.807) is 18.7 Å². The molecule has 136 valence electrons. The minimum absolute atomic E-state index is 0.218. The fraction of sp³-hybridized carbons (Fsp3) is 0.200. The number of aromatic nitrogens is 5. The van der Waals surface area contributed by atoms with Gasteiger partial charge in [-0.1, -0.05) is 6.07 Å². The zero-order valence-electron chi connectivity index (χ0n) is 15.2. The number of fused-ring (bicyclic) bond motifs is 1. The van der Waals surface area contributed by atoms with Crippen molar-refractivity contribution in [3.05, 3.63) is 72.7 Å². The Labute approximate surface area is 156 Å². The Kier molecular flexibility index (Phi) is 4.42. The minimum atomic E-state index is -0.218. The zero-order valence-corrected chi connectivity index (χ0v) is 15.2. The molecule has 4 aromatic heterocycles. The van der Waals surface area contributed by atoms with Crippen molar-refractivity contribution < 1.29 is 4.79 Å². The standard InChI is InChI=1S/C20H20N6O/c1-14(2)25-12-16(23-13-25)19-24-18(17-5-3-4-10-26(17)19)20(27)22-11-15-6-8-21-9-7-15/h3-10,12-14H,11H2,1-2H3,(H,22,27). The molecule has 4 rings (SSSR count). The lowest BCUT2D eigenvalue weighted by molar-refractivity contribution is 0.0948. The molecule has 0 fully saturated rings. The lowest BCUT2D eigenvalue weighted by Gasteiger charge is -2.03. The van der Waals surface area contributed by atoms with Crippen LogP contribution in [0.4, 0.5) is 0 Å². The summed E-state index contributed by atoms with van der Waals surface area (Å²) in [5.74, 6) is 0.434. The molecule has 0 aromatic carbocycles. The maximum absolute atomic E-state index is 12.8. The molecule has 0 aliphatic rings. The summed E-state index contributed by atoms with van der Waals surface area (Å²) in [6.45, 7) is 4.60. The molecular formula is C20H20N6O. The van der Waals surface area contributed by atoms with E-state index in [1.807, 2.05) is 51.7 Å². The summed E-state index contributed by atoms with van der Waals surface area (Å²) in [5, 5.41) is 2.93. The summed E-state index contributed by atoms with van der Waals surface area (Å²) < 4.78 is 3.91. The molecular weight excluding hydrogens is 340 g/mol. The number of carbonyl (C=O) groups excluding carboxylic acids is 1. The van der Waals surface area contributed by atoms with Crippen molar-refractivity contribution in [2.24, 2.45) is 0 Å². The summed E-state index contributed by atoms with van der Waals surface area (Å²) in [6, 6.07) is 9.74. The molecule has 0 spiro atoms. The van der Waals surface area contributed by atoms with Gasteiger partial charge in [0, 0.05) is 37.4 Å². The monoisotopic (exact) mass is 360 g/mol. The maximum Gasteiger partial charge on any atom is 0.272 e. The molecule has 0 saturated heterocycles. The number of imidazole rings is 2. The first-order chi connectivity index (χ1) is 13.1. The van der Waals surface area contributed by atoms with Crippen molar-refractivity contribution in [1.82, 2.24) is 29.2 Å². The van der Waals surface area contributed by atoms with Crippen LogP contribution in [0.15, 0.2) is 61.4 Å².